The molecule has 0 unspecified atom stereocenters. The van der Waals surface area contributed by atoms with E-state index in [9.17, 15) is 0 Å². The molecule has 0 radical (unpaired) electrons. The van der Waals surface area contributed by atoms with Crippen molar-refractivity contribution in [3.63, 3.8) is 0 Å². The summed E-state index contributed by atoms with van der Waals surface area (Å²) < 4.78 is 1.51. The molecule has 1 heterocycles. The molecular formula is C5H8N2O. The zero-order valence-electron chi connectivity index (χ0n) is 4.70. The molecule has 1 aromatic rings. The summed E-state index contributed by atoms with van der Waals surface area (Å²) in [6.45, 7) is 1.86. The molecule has 1 N–H and O–H groups in total. The van der Waals surface area contributed by atoms with E-state index in [0.717, 1.165) is 5.69 Å². The highest BCUT2D eigenvalue weighted by atomic mass is 16.3. The van der Waals surface area contributed by atoms with Crippen molar-refractivity contribution in [1.29, 1.82) is 0 Å². The van der Waals surface area contributed by atoms with E-state index in [4.69, 9.17) is 5.11 Å². The molecule has 3 heteroatoms. The standard InChI is InChI=1S/C5H8N2O/c1-5-2-3-6-7(5)4-8/h2-3,8H,4H2,1H3. The lowest BCUT2D eigenvalue weighted by Gasteiger charge is -1.94. The first-order valence-corrected chi connectivity index (χ1v) is 2.44. The summed E-state index contributed by atoms with van der Waals surface area (Å²) in [4.78, 5) is 0. The molecule has 0 atom stereocenters. The maximum absolute atomic E-state index is 8.51. The molecule has 0 bridgehead atoms. The average Bonchev–Trinajstić information content (AvgIpc) is 2.14. The molecule has 0 aliphatic rings. The SMILES string of the molecule is Cc1ccnn1CO. The van der Waals surface area contributed by atoms with Crippen molar-refractivity contribution in [3.05, 3.63) is 18.0 Å². The summed E-state index contributed by atoms with van der Waals surface area (Å²) in [6.07, 6.45) is 1.66. The van der Waals surface area contributed by atoms with Crippen LogP contribution < -0.4 is 0 Å². The molecule has 0 fully saturated rings. The number of aliphatic hydroxyl groups is 1. The highest BCUT2D eigenvalue weighted by Crippen LogP contribution is 1.92. The summed E-state index contributed by atoms with van der Waals surface area (Å²) >= 11 is 0. The Morgan fingerprint density at radius 3 is 2.88 bits per heavy atom. The predicted octanol–water partition coefficient (Wildman–Crippen LogP) is 0.141. The van der Waals surface area contributed by atoms with Gasteiger partial charge >= 0.3 is 0 Å². The van der Waals surface area contributed by atoms with E-state index in [1.165, 1.54) is 4.68 Å². The number of rotatable bonds is 1. The molecule has 44 valence electrons. The van der Waals surface area contributed by atoms with Gasteiger partial charge in [0.05, 0.1) is 0 Å². The van der Waals surface area contributed by atoms with Gasteiger partial charge < -0.3 is 5.11 Å². The Kier molecular flexibility index (Phi) is 1.30. The van der Waals surface area contributed by atoms with Crippen molar-refractivity contribution in [2.24, 2.45) is 0 Å². The third kappa shape index (κ3) is 0.721. The van der Waals surface area contributed by atoms with Crippen molar-refractivity contribution < 1.29 is 5.11 Å². The molecule has 3 nitrogen and oxygen atoms in total. The second-order valence-corrected chi connectivity index (χ2v) is 1.61. The van der Waals surface area contributed by atoms with Crippen LogP contribution in [0.15, 0.2) is 12.3 Å². The lowest BCUT2D eigenvalue weighted by atomic mass is 10.5. The van der Waals surface area contributed by atoms with Crippen LogP contribution in [-0.2, 0) is 6.73 Å². The average molecular weight is 112 g/mol. The summed E-state index contributed by atoms with van der Waals surface area (Å²) in [5.41, 5.74) is 0.979. The fourth-order valence-corrected chi connectivity index (χ4v) is 0.547. The minimum absolute atomic E-state index is 0.0289. The van der Waals surface area contributed by atoms with Gasteiger partial charge in [-0.3, -0.25) is 0 Å². The van der Waals surface area contributed by atoms with Crippen LogP contribution in [0.3, 0.4) is 0 Å². The molecule has 1 aromatic heterocycles. The highest BCUT2D eigenvalue weighted by Gasteiger charge is 1.89. The van der Waals surface area contributed by atoms with Crippen molar-refractivity contribution in [1.82, 2.24) is 9.78 Å². The summed E-state index contributed by atoms with van der Waals surface area (Å²) in [5.74, 6) is 0. The van der Waals surface area contributed by atoms with E-state index in [1.807, 2.05) is 13.0 Å². The van der Waals surface area contributed by atoms with Crippen LogP contribution in [0, 0.1) is 6.92 Å². The molecule has 0 aliphatic carbocycles. The number of aliphatic hydroxyl groups excluding tert-OH is 1. The normalized spacial score (nSPS) is 9.75. The lowest BCUT2D eigenvalue weighted by Crippen LogP contribution is -1.99. The minimum atomic E-state index is -0.0289. The third-order valence-electron chi connectivity index (χ3n) is 1.06. The topological polar surface area (TPSA) is 38.0 Å². The van der Waals surface area contributed by atoms with Gasteiger partial charge in [0.1, 0.15) is 6.73 Å². The smallest absolute Gasteiger partial charge is 0.136 e. The van der Waals surface area contributed by atoms with Crippen molar-refractivity contribution in [3.8, 4) is 0 Å². The Morgan fingerprint density at radius 1 is 1.88 bits per heavy atom. The number of hydrogen-bond donors (Lipinski definition) is 1. The second kappa shape index (κ2) is 1.96. The minimum Gasteiger partial charge on any atom is -0.374 e. The van der Waals surface area contributed by atoms with E-state index >= 15 is 0 Å². The van der Waals surface area contributed by atoms with Crippen LogP contribution in [0.5, 0.6) is 0 Å². The molecular weight excluding hydrogens is 104 g/mol. The van der Waals surface area contributed by atoms with Crippen molar-refractivity contribution in [2.45, 2.75) is 13.7 Å². The van der Waals surface area contributed by atoms with E-state index in [-0.39, 0.29) is 6.73 Å². The van der Waals surface area contributed by atoms with E-state index in [0.29, 0.717) is 0 Å². The van der Waals surface area contributed by atoms with Crippen LogP contribution in [0.1, 0.15) is 5.69 Å². The Bertz CT molecular complexity index is 171. The van der Waals surface area contributed by atoms with Crippen LogP contribution in [0.2, 0.25) is 0 Å². The fraction of sp³-hybridized carbons (Fsp3) is 0.400. The number of aryl methyl sites for hydroxylation is 1. The van der Waals surface area contributed by atoms with Crippen molar-refractivity contribution in [2.75, 3.05) is 0 Å². The molecule has 1 rings (SSSR count). The maximum atomic E-state index is 8.51. The van der Waals surface area contributed by atoms with Gasteiger partial charge in [-0.1, -0.05) is 0 Å². The van der Waals surface area contributed by atoms with Crippen LogP contribution >= 0.6 is 0 Å². The van der Waals surface area contributed by atoms with Crippen LogP contribution in [0.25, 0.3) is 0 Å². The summed E-state index contributed by atoms with van der Waals surface area (Å²) in [7, 11) is 0. The van der Waals surface area contributed by atoms with Gasteiger partial charge in [-0.2, -0.15) is 5.10 Å². The third-order valence-corrected chi connectivity index (χ3v) is 1.06. The Labute approximate surface area is 47.6 Å². The van der Waals surface area contributed by atoms with E-state index < -0.39 is 0 Å². The van der Waals surface area contributed by atoms with E-state index in [2.05, 4.69) is 5.10 Å². The Balaban J connectivity index is 2.92. The number of nitrogens with zero attached hydrogens (tertiary/aromatic N) is 2. The maximum Gasteiger partial charge on any atom is 0.136 e. The molecule has 0 aliphatic heterocycles. The number of aromatic nitrogens is 2. The molecule has 0 saturated carbocycles. The van der Waals surface area contributed by atoms with Gasteiger partial charge in [0.25, 0.3) is 0 Å². The van der Waals surface area contributed by atoms with Gasteiger partial charge in [-0.15, -0.1) is 0 Å². The predicted molar refractivity (Wildman–Crippen MR) is 29.2 cm³/mol. The summed E-state index contributed by atoms with van der Waals surface area (Å²) in [5, 5.41) is 12.3. The van der Waals surface area contributed by atoms with Gasteiger partial charge in [-0.05, 0) is 13.0 Å². The lowest BCUT2D eigenvalue weighted by molar-refractivity contribution is 0.192. The molecule has 0 amide bonds. The zero-order valence-corrected chi connectivity index (χ0v) is 4.70. The summed E-state index contributed by atoms with van der Waals surface area (Å²) in [6, 6.07) is 1.84. The molecule has 8 heavy (non-hydrogen) atoms. The van der Waals surface area contributed by atoms with Crippen LogP contribution in [0.4, 0.5) is 0 Å². The first-order valence-electron chi connectivity index (χ1n) is 2.44. The largest absolute Gasteiger partial charge is 0.374 e. The molecule has 0 spiro atoms. The second-order valence-electron chi connectivity index (χ2n) is 1.61. The quantitative estimate of drug-likeness (QED) is 0.561. The monoisotopic (exact) mass is 112 g/mol. The van der Waals surface area contributed by atoms with Crippen LogP contribution in [-0.4, -0.2) is 14.9 Å². The van der Waals surface area contributed by atoms with Gasteiger partial charge in [-0.25, -0.2) is 4.68 Å². The number of hydrogen-bond acceptors (Lipinski definition) is 2. The Hall–Kier alpha value is -0.830. The van der Waals surface area contributed by atoms with Crippen molar-refractivity contribution >= 4 is 0 Å². The highest BCUT2D eigenvalue weighted by molar-refractivity contribution is 4.95. The fourth-order valence-electron chi connectivity index (χ4n) is 0.547. The first-order chi connectivity index (χ1) is 3.84. The van der Waals surface area contributed by atoms with Gasteiger partial charge in [0.2, 0.25) is 0 Å². The zero-order chi connectivity index (χ0) is 5.98. The van der Waals surface area contributed by atoms with Gasteiger partial charge in [0, 0.05) is 11.9 Å². The Morgan fingerprint density at radius 2 is 2.62 bits per heavy atom. The van der Waals surface area contributed by atoms with Gasteiger partial charge in [0.15, 0.2) is 0 Å². The van der Waals surface area contributed by atoms with E-state index in [1.54, 1.807) is 6.20 Å². The molecule has 0 saturated heterocycles. The first kappa shape index (κ1) is 5.31. The molecule has 0 aromatic carbocycles.